The predicted molar refractivity (Wildman–Crippen MR) is 114 cm³/mol. The fourth-order valence-corrected chi connectivity index (χ4v) is 4.96. The minimum absolute atomic E-state index is 0.0379. The van der Waals surface area contributed by atoms with Crippen molar-refractivity contribution in [2.75, 3.05) is 27.2 Å². The molecule has 28 heavy (non-hydrogen) atoms. The highest BCUT2D eigenvalue weighted by Crippen LogP contribution is 2.51. The molecule has 0 aromatic heterocycles. The quantitative estimate of drug-likeness (QED) is 0.747. The highest BCUT2D eigenvalue weighted by molar-refractivity contribution is 7.84. The van der Waals surface area contributed by atoms with Gasteiger partial charge in [0.2, 0.25) is 0 Å². The molecule has 1 aliphatic carbocycles. The van der Waals surface area contributed by atoms with Crippen molar-refractivity contribution in [2.24, 2.45) is 5.41 Å². The van der Waals surface area contributed by atoms with Gasteiger partial charge in [-0.2, -0.15) is 0 Å². The molecule has 3 rings (SSSR count). The van der Waals surface area contributed by atoms with E-state index in [0.29, 0.717) is 0 Å². The second-order valence-electron chi connectivity index (χ2n) is 9.08. The van der Waals surface area contributed by atoms with Crippen molar-refractivity contribution in [1.82, 2.24) is 14.9 Å². The Morgan fingerprint density at radius 3 is 2.57 bits per heavy atom. The van der Waals surface area contributed by atoms with Gasteiger partial charge in [-0.1, -0.05) is 12.0 Å². The molecule has 0 unspecified atom stereocenters. The van der Waals surface area contributed by atoms with Crippen molar-refractivity contribution in [2.45, 2.75) is 50.8 Å². The summed E-state index contributed by atoms with van der Waals surface area (Å²) >= 11 is 0. The third-order valence-electron chi connectivity index (χ3n) is 5.71. The molecule has 6 heteroatoms. The first-order chi connectivity index (χ1) is 13.1. The van der Waals surface area contributed by atoms with Crippen LogP contribution >= 0.6 is 0 Å². The number of fused-ring (bicyclic) bond motifs is 1. The molecule has 152 valence electrons. The van der Waals surface area contributed by atoms with Crippen LogP contribution in [0.4, 0.5) is 0 Å². The third-order valence-corrected chi connectivity index (χ3v) is 7.27. The molecule has 1 aliphatic heterocycles. The minimum atomic E-state index is -1.15. The first-order valence-corrected chi connectivity index (χ1v) is 11.0. The molecule has 0 radical (unpaired) electrons. The Morgan fingerprint density at radius 2 is 1.96 bits per heavy atom. The molecular formula is C22H31N3O2S. The number of carbonyl (C=O) groups is 1. The first kappa shape index (κ1) is 21.0. The largest absolute Gasteiger partial charge is 0.338 e. The molecule has 1 fully saturated rings. The zero-order chi connectivity index (χ0) is 20.5. The van der Waals surface area contributed by atoms with E-state index in [1.807, 2.05) is 26.8 Å². The summed E-state index contributed by atoms with van der Waals surface area (Å²) in [5.74, 6) is 5.47. The molecule has 1 spiro atoms. The number of amides is 1. The lowest BCUT2D eigenvalue weighted by molar-refractivity contribution is -0.122. The van der Waals surface area contributed by atoms with Crippen LogP contribution < -0.4 is 10.0 Å². The summed E-state index contributed by atoms with van der Waals surface area (Å²) in [6, 6.07) is 6.24. The lowest BCUT2D eigenvalue weighted by atomic mass is 9.73. The van der Waals surface area contributed by atoms with Gasteiger partial charge in [-0.25, -0.2) is 8.93 Å². The number of nitrogens with zero attached hydrogens (tertiary/aromatic N) is 1. The molecule has 2 atom stereocenters. The van der Waals surface area contributed by atoms with Gasteiger partial charge in [0.1, 0.15) is 0 Å². The van der Waals surface area contributed by atoms with Crippen LogP contribution in [0.2, 0.25) is 0 Å². The van der Waals surface area contributed by atoms with Crippen LogP contribution in [0.25, 0.3) is 0 Å². The van der Waals surface area contributed by atoms with Crippen LogP contribution in [0.1, 0.15) is 56.3 Å². The van der Waals surface area contributed by atoms with Gasteiger partial charge in [0.15, 0.2) is 0 Å². The third kappa shape index (κ3) is 4.32. The van der Waals surface area contributed by atoms with E-state index in [-0.39, 0.29) is 22.1 Å². The molecule has 1 heterocycles. The lowest BCUT2D eigenvalue weighted by Crippen LogP contribution is -2.46. The van der Waals surface area contributed by atoms with Crippen molar-refractivity contribution in [1.29, 1.82) is 0 Å². The van der Waals surface area contributed by atoms with Gasteiger partial charge in [0, 0.05) is 25.6 Å². The second kappa shape index (κ2) is 7.98. The summed E-state index contributed by atoms with van der Waals surface area (Å²) < 4.78 is 16.1. The highest BCUT2D eigenvalue weighted by Gasteiger charge is 2.47. The summed E-state index contributed by atoms with van der Waals surface area (Å²) in [6.45, 7) is 7.96. The van der Waals surface area contributed by atoms with Gasteiger partial charge in [-0.15, -0.1) is 0 Å². The number of rotatable bonds is 2. The van der Waals surface area contributed by atoms with Crippen LogP contribution in [-0.4, -0.2) is 46.9 Å². The number of nitrogens with one attached hydrogen (secondary N) is 2. The van der Waals surface area contributed by atoms with Gasteiger partial charge >= 0.3 is 0 Å². The van der Waals surface area contributed by atoms with E-state index in [1.54, 1.807) is 14.1 Å². The van der Waals surface area contributed by atoms with Crippen molar-refractivity contribution < 1.29 is 9.00 Å². The number of carbonyl (C=O) groups excluding carboxylic acids is 1. The van der Waals surface area contributed by atoms with Crippen molar-refractivity contribution >= 4 is 16.9 Å². The van der Waals surface area contributed by atoms with Crippen molar-refractivity contribution in [3.05, 3.63) is 34.9 Å². The van der Waals surface area contributed by atoms with Gasteiger partial charge in [0.05, 0.1) is 21.8 Å². The number of benzene rings is 1. The average Bonchev–Trinajstić information content (AvgIpc) is 2.91. The monoisotopic (exact) mass is 401 g/mol. The number of hydrogen-bond donors (Lipinski definition) is 2. The molecule has 1 amide bonds. The average molecular weight is 402 g/mol. The molecule has 5 nitrogen and oxygen atoms in total. The molecule has 1 aromatic rings. The zero-order valence-electron chi connectivity index (χ0n) is 17.5. The number of hydrogen-bond acceptors (Lipinski definition) is 3. The maximum Gasteiger partial charge on any atom is 0.298 e. The van der Waals surface area contributed by atoms with Crippen LogP contribution in [-0.2, 0) is 22.2 Å². The van der Waals surface area contributed by atoms with Gasteiger partial charge in [0.25, 0.3) is 5.91 Å². The second-order valence-corrected chi connectivity index (χ2v) is 11.1. The lowest BCUT2D eigenvalue weighted by Gasteiger charge is -2.40. The molecule has 0 saturated carbocycles. The Kier molecular flexibility index (Phi) is 6.00. The van der Waals surface area contributed by atoms with Gasteiger partial charge in [-0.3, -0.25) is 4.79 Å². The molecule has 1 aromatic carbocycles. The molecule has 1 saturated heterocycles. The smallest absolute Gasteiger partial charge is 0.298 e. The van der Waals surface area contributed by atoms with Gasteiger partial charge < -0.3 is 10.2 Å². The van der Waals surface area contributed by atoms with Gasteiger partial charge in [-0.05, 0) is 81.8 Å². The zero-order valence-corrected chi connectivity index (χ0v) is 18.3. The fraction of sp³-hybridized carbons (Fsp3) is 0.591. The molecule has 2 aliphatic rings. The Hall–Kier alpha value is -1.68. The SMILES string of the molecule is CN(C)C(=O)C#Cc1ccc2c(c1)[C@@H](N[S@](=O)C(C)(C)C)C1(CCNCC1)C2. The summed E-state index contributed by atoms with van der Waals surface area (Å²) in [4.78, 5) is 13.3. The van der Waals surface area contributed by atoms with Crippen LogP contribution in [0.15, 0.2) is 18.2 Å². The normalized spacial score (nSPS) is 21.5. The van der Waals surface area contributed by atoms with E-state index in [4.69, 9.17) is 0 Å². The Morgan fingerprint density at radius 1 is 1.29 bits per heavy atom. The van der Waals surface area contributed by atoms with E-state index in [2.05, 4.69) is 34.0 Å². The summed E-state index contributed by atoms with van der Waals surface area (Å²) in [6.07, 6.45) is 3.11. The van der Waals surface area contributed by atoms with E-state index in [0.717, 1.165) is 37.9 Å². The van der Waals surface area contributed by atoms with Crippen LogP contribution in [0, 0.1) is 17.3 Å². The Labute approximate surface area is 171 Å². The van der Waals surface area contributed by atoms with E-state index in [9.17, 15) is 9.00 Å². The van der Waals surface area contributed by atoms with Crippen LogP contribution in [0.3, 0.4) is 0 Å². The Bertz CT molecular complexity index is 840. The van der Waals surface area contributed by atoms with E-state index in [1.165, 1.54) is 16.0 Å². The fourth-order valence-electron chi connectivity index (χ4n) is 4.01. The minimum Gasteiger partial charge on any atom is -0.338 e. The predicted octanol–water partition coefficient (Wildman–Crippen LogP) is 2.15. The maximum absolute atomic E-state index is 12.9. The molecule has 2 N–H and O–H groups in total. The van der Waals surface area contributed by atoms with E-state index >= 15 is 0 Å². The van der Waals surface area contributed by atoms with Crippen molar-refractivity contribution in [3.8, 4) is 11.8 Å². The summed E-state index contributed by atoms with van der Waals surface area (Å²) in [5.41, 5.74) is 3.40. The van der Waals surface area contributed by atoms with E-state index < -0.39 is 11.0 Å². The summed E-state index contributed by atoms with van der Waals surface area (Å²) in [7, 11) is 2.24. The van der Waals surface area contributed by atoms with Crippen molar-refractivity contribution in [3.63, 3.8) is 0 Å². The topological polar surface area (TPSA) is 61.4 Å². The van der Waals surface area contributed by atoms with Crippen LogP contribution in [0.5, 0.6) is 0 Å². The Balaban J connectivity index is 1.96. The first-order valence-electron chi connectivity index (χ1n) is 9.87. The standard InChI is InChI=1S/C22H31N3O2S/c1-21(2,3)28(27)24-20-18-14-16(7-9-19(26)25(4)5)6-8-17(18)15-22(20)10-12-23-13-11-22/h6,8,14,20,23-24H,10-13,15H2,1-5H3/t20-,28-/m1/s1. The maximum atomic E-state index is 12.9. The molecular weight excluding hydrogens is 370 g/mol. The number of piperidine rings is 1. The molecule has 0 bridgehead atoms. The summed E-state index contributed by atoms with van der Waals surface area (Å²) in [5, 5.41) is 3.45. The highest BCUT2D eigenvalue weighted by atomic mass is 32.2.